The van der Waals surface area contributed by atoms with E-state index in [1.165, 1.54) is 52.6 Å². The Labute approximate surface area is 335 Å². The third-order valence-electron chi connectivity index (χ3n) is 11.8. The average molecular weight is 735 g/mol. The Bertz CT molecular complexity index is 2670. The van der Waals surface area contributed by atoms with Crippen molar-refractivity contribution in [2.75, 3.05) is 0 Å². The number of hydrogen-bond donors (Lipinski definition) is 0. The maximum Gasteiger partial charge on any atom is 0.164 e. The van der Waals surface area contributed by atoms with E-state index >= 15 is 0 Å². The van der Waals surface area contributed by atoms with Crippen LogP contribution in [-0.2, 0) is 5.41 Å². The van der Waals surface area contributed by atoms with Crippen LogP contribution in [-0.4, -0.2) is 15.0 Å². The molecule has 2 aliphatic rings. The molecule has 7 aromatic rings. The fourth-order valence-electron chi connectivity index (χ4n) is 8.84. The van der Waals surface area contributed by atoms with Crippen molar-refractivity contribution in [3.63, 3.8) is 0 Å². The fourth-order valence-corrected chi connectivity index (χ4v) is 8.84. The monoisotopic (exact) mass is 734 g/mol. The van der Waals surface area contributed by atoms with Crippen molar-refractivity contribution in [1.82, 2.24) is 15.0 Å². The van der Waals surface area contributed by atoms with Gasteiger partial charge in [-0.1, -0.05) is 171 Å². The van der Waals surface area contributed by atoms with Crippen LogP contribution in [0.3, 0.4) is 0 Å². The van der Waals surface area contributed by atoms with E-state index in [0.717, 1.165) is 51.8 Å². The van der Waals surface area contributed by atoms with Crippen LogP contribution in [0.5, 0.6) is 0 Å². The summed E-state index contributed by atoms with van der Waals surface area (Å²) in [5.41, 5.74) is 15.6. The Morgan fingerprint density at radius 1 is 0.579 bits per heavy atom. The Morgan fingerprint density at radius 3 is 1.86 bits per heavy atom. The molecule has 0 N–H and O–H groups in total. The molecule has 1 saturated carbocycles. The van der Waals surface area contributed by atoms with E-state index in [9.17, 15) is 5.26 Å². The number of aromatic nitrogens is 3. The molecule has 4 heteroatoms. The second-order valence-corrected chi connectivity index (χ2v) is 15.1. The number of nitriles is 1. The van der Waals surface area contributed by atoms with E-state index in [-0.39, 0.29) is 5.41 Å². The van der Waals surface area contributed by atoms with Crippen LogP contribution >= 0.6 is 0 Å². The molecule has 274 valence electrons. The molecule has 1 spiro atoms. The molecule has 2 aliphatic carbocycles. The number of rotatable bonds is 8. The van der Waals surface area contributed by atoms with E-state index < -0.39 is 0 Å². The summed E-state index contributed by atoms with van der Waals surface area (Å²) in [6.45, 7) is 6.31. The SMILES string of the molecule is C=C/C(=C\C=C(/C)c1cccc(-c2nc(-c3ccccc3)nc(-c3ccccc3)n2)c1)c1ccc(-c2cccc3c2-c2cc(C#N)ccc2C32CCCCC2)cc1. The molecule has 0 bridgehead atoms. The molecule has 0 radical (unpaired) electrons. The molecule has 0 unspecified atom stereocenters. The van der Waals surface area contributed by atoms with E-state index in [1.54, 1.807) is 0 Å². The van der Waals surface area contributed by atoms with Crippen LogP contribution in [0, 0.1) is 11.3 Å². The Hall–Kier alpha value is -6.96. The minimum atomic E-state index is 0.0385. The van der Waals surface area contributed by atoms with Crippen LogP contribution in [0.15, 0.2) is 170 Å². The third kappa shape index (κ3) is 6.72. The molecule has 1 heterocycles. The first-order valence-electron chi connectivity index (χ1n) is 19.8. The largest absolute Gasteiger partial charge is 0.208 e. The normalized spacial score (nSPS) is 14.5. The second-order valence-electron chi connectivity index (χ2n) is 15.1. The summed E-state index contributed by atoms with van der Waals surface area (Å²) in [4.78, 5) is 14.7. The third-order valence-corrected chi connectivity index (χ3v) is 11.8. The Balaban J connectivity index is 1.02. The van der Waals surface area contributed by atoms with Gasteiger partial charge in [-0.25, -0.2) is 15.0 Å². The Kier molecular flexibility index (Phi) is 9.58. The van der Waals surface area contributed by atoms with Gasteiger partial charge in [-0.3, -0.25) is 0 Å². The van der Waals surface area contributed by atoms with Crippen molar-refractivity contribution in [3.05, 3.63) is 198 Å². The highest BCUT2D eigenvalue weighted by Crippen LogP contribution is 2.58. The van der Waals surface area contributed by atoms with Gasteiger partial charge in [0.1, 0.15) is 0 Å². The molecule has 0 saturated heterocycles. The van der Waals surface area contributed by atoms with E-state index in [1.807, 2.05) is 72.8 Å². The molecule has 4 nitrogen and oxygen atoms in total. The zero-order chi connectivity index (χ0) is 38.8. The molecule has 0 atom stereocenters. The molecular formula is C53H42N4. The van der Waals surface area contributed by atoms with Gasteiger partial charge in [0.05, 0.1) is 11.6 Å². The number of benzene rings is 6. The van der Waals surface area contributed by atoms with Gasteiger partial charge in [-0.15, -0.1) is 0 Å². The van der Waals surface area contributed by atoms with Crippen molar-refractivity contribution >= 4 is 11.1 Å². The number of hydrogen-bond acceptors (Lipinski definition) is 4. The van der Waals surface area contributed by atoms with Gasteiger partial charge in [0, 0.05) is 22.1 Å². The summed E-state index contributed by atoms with van der Waals surface area (Å²) in [7, 11) is 0. The van der Waals surface area contributed by atoms with Crippen molar-refractivity contribution in [2.45, 2.75) is 44.4 Å². The predicted molar refractivity (Wildman–Crippen MR) is 234 cm³/mol. The molecular weight excluding hydrogens is 693 g/mol. The molecule has 57 heavy (non-hydrogen) atoms. The number of allylic oxidation sites excluding steroid dienone is 5. The minimum absolute atomic E-state index is 0.0385. The van der Waals surface area contributed by atoms with E-state index in [0.29, 0.717) is 23.0 Å². The fraction of sp³-hybridized carbons (Fsp3) is 0.132. The second kappa shape index (κ2) is 15.3. The maximum atomic E-state index is 9.83. The lowest BCUT2D eigenvalue weighted by Gasteiger charge is -2.36. The molecule has 1 fully saturated rings. The van der Waals surface area contributed by atoms with E-state index in [2.05, 4.69) is 111 Å². The van der Waals surface area contributed by atoms with Gasteiger partial charge in [-0.05, 0) is 93.6 Å². The van der Waals surface area contributed by atoms with Crippen molar-refractivity contribution < 1.29 is 0 Å². The molecule has 1 aromatic heterocycles. The summed E-state index contributed by atoms with van der Waals surface area (Å²) < 4.78 is 0. The Morgan fingerprint density at radius 2 is 1.21 bits per heavy atom. The summed E-state index contributed by atoms with van der Waals surface area (Å²) in [6, 6.07) is 52.9. The average Bonchev–Trinajstić information content (AvgIpc) is 3.55. The highest BCUT2D eigenvalue weighted by atomic mass is 15.0. The van der Waals surface area contributed by atoms with Crippen molar-refractivity contribution in [3.8, 4) is 62.5 Å². The van der Waals surface area contributed by atoms with Gasteiger partial charge in [0.2, 0.25) is 0 Å². The maximum absolute atomic E-state index is 9.83. The topological polar surface area (TPSA) is 62.5 Å². The highest BCUT2D eigenvalue weighted by Gasteiger charge is 2.44. The first-order chi connectivity index (χ1) is 28.0. The van der Waals surface area contributed by atoms with Crippen LogP contribution in [0.1, 0.15) is 66.8 Å². The van der Waals surface area contributed by atoms with Gasteiger partial charge in [0.15, 0.2) is 17.5 Å². The summed E-state index contributed by atoms with van der Waals surface area (Å²) in [5, 5.41) is 9.83. The highest BCUT2D eigenvalue weighted by molar-refractivity contribution is 5.93. The lowest BCUT2D eigenvalue weighted by molar-refractivity contribution is 0.353. The first-order valence-corrected chi connectivity index (χ1v) is 19.8. The van der Waals surface area contributed by atoms with Gasteiger partial charge < -0.3 is 0 Å². The van der Waals surface area contributed by atoms with Crippen LogP contribution in [0.2, 0.25) is 0 Å². The smallest absolute Gasteiger partial charge is 0.164 e. The van der Waals surface area contributed by atoms with Crippen molar-refractivity contribution in [2.24, 2.45) is 0 Å². The number of fused-ring (bicyclic) bond motifs is 5. The molecule has 0 amide bonds. The summed E-state index contributed by atoms with van der Waals surface area (Å²) in [6.07, 6.45) is 12.3. The van der Waals surface area contributed by atoms with Gasteiger partial charge >= 0.3 is 0 Å². The summed E-state index contributed by atoms with van der Waals surface area (Å²) in [5.74, 6) is 1.92. The zero-order valence-corrected chi connectivity index (χ0v) is 32.1. The minimum Gasteiger partial charge on any atom is -0.208 e. The van der Waals surface area contributed by atoms with Gasteiger partial charge in [0.25, 0.3) is 0 Å². The predicted octanol–water partition coefficient (Wildman–Crippen LogP) is 13.3. The first kappa shape index (κ1) is 35.7. The van der Waals surface area contributed by atoms with Gasteiger partial charge in [-0.2, -0.15) is 5.26 Å². The zero-order valence-electron chi connectivity index (χ0n) is 32.1. The van der Waals surface area contributed by atoms with Crippen LogP contribution < -0.4 is 0 Å². The molecule has 0 aliphatic heterocycles. The standard InChI is InChI=1S/C53H42N4/c1-3-38(39-26-28-40(29-27-39)45-21-14-22-48-49(45)46-33-37(35-54)24-30-47(46)53(48)31-11-6-12-32-53)25-23-36(2)43-19-13-20-44(34-43)52-56-50(41-15-7-4-8-16-41)55-51(57-52)42-17-9-5-10-18-42/h3-5,7-10,13-30,33-34H,1,6,11-12,31-32H2,2H3/b36-23+,38-25+. The molecule has 9 rings (SSSR count). The number of nitrogens with zero attached hydrogens (tertiary/aromatic N) is 4. The van der Waals surface area contributed by atoms with Crippen LogP contribution in [0.4, 0.5) is 0 Å². The summed E-state index contributed by atoms with van der Waals surface area (Å²) >= 11 is 0. The molecule has 6 aromatic carbocycles. The van der Waals surface area contributed by atoms with E-state index in [4.69, 9.17) is 15.0 Å². The quantitative estimate of drug-likeness (QED) is 0.146. The van der Waals surface area contributed by atoms with Crippen molar-refractivity contribution in [1.29, 1.82) is 5.26 Å². The van der Waals surface area contributed by atoms with Crippen LogP contribution in [0.25, 0.3) is 67.6 Å². The lowest BCUT2D eigenvalue weighted by atomic mass is 9.67. The lowest BCUT2D eigenvalue weighted by Crippen LogP contribution is -2.28.